The number of halogens is 2. The van der Waals surface area contributed by atoms with E-state index in [9.17, 15) is 0 Å². The molecular formula is C34H36Cl2N6O8. The highest BCUT2D eigenvalue weighted by Crippen LogP contribution is 2.28. The van der Waals surface area contributed by atoms with Gasteiger partial charge in [-0.15, -0.1) is 20.5 Å². The second-order valence-electron chi connectivity index (χ2n) is 11.3. The first-order valence-corrected chi connectivity index (χ1v) is 17.2. The molecule has 0 radical (unpaired) electrons. The molecule has 14 nitrogen and oxygen atoms in total. The van der Waals surface area contributed by atoms with E-state index in [4.69, 9.17) is 47.3 Å². The summed E-state index contributed by atoms with van der Waals surface area (Å²) in [6, 6.07) is 16.8. The SMILES string of the molecule is Cc1ccc2c(c1)N=C/C([n+]1cc(C)cc(C)c1)=C\Nc1cc(C)ccc1N=C/C([n+]1cc(C)cc(C)c1)=C\N2.[O-][Cl+3]([O-])([O-])[O-].[O-][Cl+3]([O-])([O-])[O-]. The van der Waals surface area contributed by atoms with Gasteiger partial charge in [0.15, 0.2) is 24.8 Å². The topological polar surface area (TPSA) is 241 Å². The van der Waals surface area contributed by atoms with Crippen molar-refractivity contribution in [1.82, 2.24) is 0 Å². The van der Waals surface area contributed by atoms with Crippen LogP contribution in [0.1, 0.15) is 33.4 Å². The molecule has 0 saturated heterocycles. The summed E-state index contributed by atoms with van der Waals surface area (Å²) in [5.74, 6) is 0. The number of allylic oxidation sites excluding steroid dienone is 2. The Balaban J connectivity index is 0.000000595. The molecule has 16 heteroatoms. The summed E-state index contributed by atoms with van der Waals surface area (Å²) in [6.45, 7) is 12.6. The van der Waals surface area contributed by atoms with Crippen LogP contribution in [-0.2, 0) is 0 Å². The van der Waals surface area contributed by atoms with Crippen molar-refractivity contribution in [2.75, 3.05) is 10.6 Å². The molecule has 5 rings (SSSR count). The molecule has 4 aromatic rings. The molecule has 0 fully saturated rings. The van der Waals surface area contributed by atoms with Crippen LogP contribution in [0.25, 0.3) is 11.4 Å². The average Bonchev–Trinajstić information content (AvgIpc) is 2.95. The number of nitrogens with zero attached hydrogens (tertiary/aromatic N) is 4. The number of rotatable bonds is 2. The van der Waals surface area contributed by atoms with E-state index in [0.29, 0.717) is 0 Å². The van der Waals surface area contributed by atoms with Crippen LogP contribution in [0.4, 0.5) is 22.7 Å². The molecule has 0 bridgehead atoms. The highest BCUT2D eigenvalue weighted by Gasteiger charge is 2.14. The summed E-state index contributed by atoms with van der Waals surface area (Å²) in [4.78, 5) is 9.91. The monoisotopic (exact) mass is 726 g/mol. The first kappa shape index (κ1) is 39.9. The Morgan fingerprint density at radius 3 is 1.30 bits per heavy atom. The quantitative estimate of drug-likeness (QED) is 0.206. The van der Waals surface area contributed by atoms with Gasteiger partial charge >= 0.3 is 0 Å². The number of benzene rings is 2. The zero-order valence-electron chi connectivity index (χ0n) is 28.0. The summed E-state index contributed by atoms with van der Waals surface area (Å²) in [7, 11) is -9.89. The predicted molar refractivity (Wildman–Crippen MR) is 167 cm³/mol. The third-order valence-electron chi connectivity index (χ3n) is 6.61. The number of fused-ring (bicyclic) bond motifs is 2. The number of anilines is 2. The third kappa shape index (κ3) is 14.5. The van der Waals surface area contributed by atoms with Crippen LogP contribution in [0.15, 0.2) is 95.7 Å². The second-order valence-corrected chi connectivity index (χ2v) is 12.8. The first-order valence-electron chi connectivity index (χ1n) is 14.7. The second kappa shape index (κ2) is 17.4. The summed E-state index contributed by atoms with van der Waals surface area (Å²) in [5.41, 5.74) is 12.3. The van der Waals surface area contributed by atoms with Gasteiger partial charge in [0.2, 0.25) is 11.4 Å². The average molecular weight is 728 g/mol. The maximum atomic E-state index is 8.49. The highest BCUT2D eigenvalue weighted by molar-refractivity contribution is 6.02. The van der Waals surface area contributed by atoms with Gasteiger partial charge in [-0.3, -0.25) is 0 Å². The summed E-state index contributed by atoms with van der Waals surface area (Å²) < 4.78 is 72.1. The molecule has 3 heterocycles. The fraction of sp³-hybridized carbons (Fsp3) is 0.176. The first-order chi connectivity index (χ1) is 23.2. The molecule has 0 saturated carbocycles. The lowest BCUT2D eigenvalue weighted by Gasteiger charge is -2.17. The molecule has 0 atom stereocenters. The highest BCUT2D eigenvalue weighted by atomic mass is 35.7. The molecule has 0 spiro atoms. The molecular weight excluding hydrogens is 691 g/mol. The number of pyridine rings is 2. The molecule has 2 N–H and O–H groups in total. The van der Waals surface area contributed by atoms with Gasteiger partial charge in [0, 0.05) is 22.3 Å². The van der Waals surface area contributed by atoms with Crippen molar-refractivity contribution in [3.05, 3.63) is 119 Å². The Bertz CT molecular complexity index is 1870. The summed E-state index contributed by atoms with van der Waals surface area (Å²) in [6.07, 6.45) is 16.2. The van der Waals surface area contributed by atoms with Crippen LogP contribution >= 0.6 is 0 Å². The standard InChI is InChI=1S/C34H36N6.2ClHO4/c1-23-7-9-31-33(13-23)37-17-30(40-21-27(5)12-28(6)22-40)18-38-34-14-24(2)8-10-32(34)36-16-29(15-35-31)39-19-25(3)11-26(4)20-39;2*2-1(3,4)5/h7-22,35,38H,1-6H3;2*(H,2,3,4,5)/q+2;;/p-2/b29-15+,30-18+,36-16?,37-17?;;. The fourth-order valence-electron chi connectivity index (χ4n) is 4.80. The van der Waals surface area contributed by atoms with E-state index >= 15 is 0 Å². The van der Waals surface area contributed by atoms with Crippen LogP contribution in [0, 0.1) is 62.0 Å². The zero-order valence-corrected chi connectivity index (χ0v) is 29.6. The van der Waals surface area contributed by atoms with Crippen molar-refractivity contribution < 1.29 is 66.9 Å². The van der Waals surface area contributed by atoms with Crippen LogP contribution in [-0.4, -0.2) is 12.4 Å². The Morgan fingerprint density at radius 1 is 0.460 bits per heavy atom. The van der Waals surface area contributed by atoms with Gasteiger partial charge < -0.3 is 10.6 Å². The number of aromatic nitrogens is 2. The maximum Gasteiger partial charge on any atom is 0.245 e. The molecule has 0 amide bonds. The lowest BCUT2D eigenvalue weighted by molar-refractivity contribution is -2.00. The molecule has 2 aromatic heterocycles. The molecule has 2 aromatic carbocycles. The lowest BCUT2D eigenvalue weighted by Crippen LogP contribution is -2.68. The molecule has 0 aliphatic carbocycles. The zero-order chi connectivity index (χ0) is 37.2. The molecule has 1 aliphatic rings. The van der Waals surface area contributed by atoms with Gasteiger partial charge in [-0.2, -0.15) is 9.13 Å². The van der Waals surface area contributed by atoms with Crippen LogP contribution < -0.4 is 57.0 Å². The smallest absolute Gasteiger partial charge is 0.245 e. The minimum absolute atomic E-state index is 0.840. The number of hydrogen-bond acceptors (Lipinski definition) is 12. The van der Waals surface area contributed by atoms with Crippen molar-refractivity contribution in [2.24, 2.45) is 9.98 Å². The van der Waals surface area contributed by atoms with Crippen LogP contribution in [0.2, 0.25) is 0 Å². The molecule has 264 valence electrons. The number of nitrogens with one attached hydrogen (secondary N) is 2. The van der Waals surface area contributed by atoms with E-state index in [1.54, 1.807) is 0 Å². The van der Waals surface area contributed by atoms with Crippen LogP contribution in [0.3, 0.4) is 0 Å². The van der Waals surface area contributed by atoms with E-state index in [-0.39, 0.29) is 0 Å². The minimum Gasteiger partial charge on any atom is -0.354 e. The molecule has 0 unspecified atom stereocenters. The van der Waals surface area contributed by atoms with E-state index in [0.717, 1.165) is 45.3 Å². The summed E-state index contributed by atoms with van der Waals surface area (Å²) >= 11 is 0. The normalized spacial score (nSPS) is 15.1. The van der Waals surface area contributed by atoms with Crippen molar-refractivity contribution in [1.29, 1.82) is 0 Å². The van der Waals surface area contributed by atoms with Crippen molar-refractivity contribution >= 4 is 46.6 Å². The summed E-state index contributed by atoms with van der Waals surface area (Å²) in [5, 5.41) is 7.03. The Labute approximate surface area is 294 Å². The van der Waals surface area contributed by atoms with E-state index in [2.05, 4.69) is 129 Å². The number of aryl methyl sites for hydroxylation is 6. The Morgan fingerprint density at radius 2 is 0.840 bits per heavy atom. The predicted octanol–water partition coefficient (Wildman–Crippen LogP) is -2.46. The molecule has 50 heavy (non-hydrogen) atoms. The van der Waals surface area contributed by atoms with E-state index in [1.165, 1.54) is 22.3 Å². The van der Waals surface area contributed by atoms with Gasteiger partial charge in [-0.25, -0.2) is 47.3 Å². The third-order valence-corrected chi connectivity index (χ3v) is 6.61. The largest absolute Gasteiger partial charge is 0.354 e. The van der Waals surface area contributed by atoms with Gasteiger partial charge in [-0.1, -0.05) is 12.1 Å². The van der Waals surface area contributed by atoms with E-state index in [1.807, 2.05) is 30.9 Å². The van der Waals surface area contributed by atoms with Gasteiger partial charge in [0.05, 0.1) is 35.1 Å². The van der Waals surface area contributed by atoms with Crippen molar-refractivity contribution in [3.63, 3.8) is 0 Å². The van der Waals surface area contributed by atoms with Crippen molar-refractivity contribution in [2.45, 2.75) is 41.5 Å². The lowest BCUT2D eigenvalue weighted by atomic mass is 10.2. The minimum atomic E-state index is -4.94. The number of hydrogen-bond donors (Lipinski definition) is 2. The van der Waals surface area contributed by atoms with Crippen LogP contribution in [0.5, 0.6) is 0 Å². The van der Waals surface area contributed by atoms with Crippen molar-refractivity contribution in [3.8, 4) is 0 Å². The van der Waals surface area contributed by atoms with Gasteiger partial charge in [0.1, 0.15) is 12.4 Å². The fourth-order valence-corrected chi connectivity index (χ4v) is 4.80. The van der Waals surface area contributed by atoms with E-state index < -0.39 is 20.5 Å². The number of aliphatic imine (C=N–C) groups is 2. The Hall–Kier alpha value is -4.58. The maximum absolute atomic E-state index is 8.49. The van der Waals surface area contributed by atoms with Gasteiger partial charge in [-0.05, 0) is 89.1 Å². The van der Waals surface area contributed by atoms with Gasteiger partial charge in [0.25, 0.3) is 0 Å². The Kier molecular flexibility index (Phi) is 13.9. The molecule has 1 aliphatic heterocycles.